The first-order valence-electron chi connectivity index (χ1n) is 6.48. The minimum atomic E-state index is -4.71. The van der Waals surface area contributed by atoms with Gasteiger partial charge in [0, 0.05) is 13.1 Å². The number of hydrogen-bond acceptors (Lipinski definition) is 3. The average Bonchev–Trinajstić information content (AvgIpc) is 2.70. The molecule has 1 atom stereocenters. The van der Waals surface area contributed by atoms with E-state index in [-0.39, 0.29) is 5.75 Å². The second-order valence-electron chi connectivity index (χ2n) is 5.52. The van der Waals surface area contributed by atoms with Crippen molar-refractivity contribution in [3.05, 3.63) is 29.8 Å². The minimum Gasteiger partial charge on any atom is -0.481 e. The third kappa shape index (κ3) is 4.10. The maximum absolute atomic E-state index is 12.2. The molecule has 0 amide bonds. The van der Waals surface area contributed by atoms with Crippen molar-refractivity contribution >= 4 is 5.97 Å². The van der Waals surface area contributed by atoms with Crippen LogP contribution >= 0.6 is 0 Å². The number of benzene rings is 1. The SMILES string of the molecule is C[C@]1(C(=O)O)CCN(Cc2cccc(OC(F)(F)F)c2)C1. The summed E-state index contributed by atoms with van der Waals surface area (Å²) in [6, 6.07) is 5.74. The Kier molecular flexibility index (Phi) is 4.13. The monoisotopic (exact) mass is 303 g/mol. The highest BCUT2D eigenvalue weighted by Gasteiger charge is 2.40. The molecular weight excluding hydrogens is 287 g/mol. The van der Waals surface area contributed by atoms with Crippen molar-refractivity contribution in [1.29, 1.82) is 0 Å². The Balaban J connectivity index is 2.01. The van der Waals surface area contributed by atoms with E-state index < -0.39 is 17.7 Å². The van der Waals surface area contributed by atoms with E-state index >= 15 is 0 Å². The third-order valence-corrected chi connectivity index (χ3v) is 3.61. The number of hydrogen-bond donors (Lipinski definition) is 1. The van der Waals surface area contributed by atoms with Crippen LogP contribution in [-0.4, -0.2) is 35.4 Å². The highest BCUT2D eigenvalue weighted by molar-refractivity contribution is 5.74. The van der Waals surface area contributed by atoms with Crippen LogP contribution in [0.3, 0.4) is 0 Å². The van der Waals surface area contributed by atoms with Gasteiger partial charge in [0.05, 0.1) is 5.41 Å². The van der Waals surface area contributed by atoms with Crippen LogP contribution in [0.25, 0.3) is 0 Å². The second-order valence-corrected chi connectivity index (χ2v) is 5.52. The van der Waals surface area contributed by atoms with Crippen molar-refractivity contribution in [3.63, 3.8) is 0 Å². The molecule has 1 aromatic carbocycles. The zero-order valence-electron chi connectivity index (χ0n) is 11.5. The molecule has 0 spiro atoms. The fourth-order valence-electron chi connectivity index (χ4n) is 2.47. The Morgan fingerprint density at radius 3 is 2.76 bits per heavy atom. The Morgan fingerprint density at radius 2 is 2.19 bits per heavy atom. The Hall–Kier alpha value is -1.76. The van der Waals surface area contributed by atoms with E-state index in [1.54, 1.807) is 13.0 Å². The first-order valence-corrected chi connectivity index (χ1v) is 6.48. The number of aliphatic carboxylic acids is 1. The molecule has 1 fully saturated rings. The van der Waals surface area contributed by atoms with E-state index in [4.69, 9.17) is 5.11 Å². The van der Waals surface area contributed by atoms with E-state index in [1.165, 1.54) is 18.2 Å². The largest absolute Gasteiger partial charge is 0.573 e. The number of carboxylic acids is 1. The summed E-state index contributed by atoms with van der Waals surface area (Å²) < 4.78 is 40.4. The van der Waals surface area contributed by atoms with E-state index in [0.717, 1.165) is 0 Å². The van der Waals surface area contributed by atoms with Crippen molar-refractivity contribution in [2.45, 2.75) is 26.3 Å². The van der Waals surface area contributed by atoms with Crippen LogP contribution in [0, 0.1) is 5.41 Å². The van der Waals surface area contributed by atoms with E-state index in [0.29, 0.717) is 31.6 Å². The molecule has 0 radical (unpaired) electrons. The summed E-state index contributed by atoms with van der Waals surface area (Å²) in [5.74, 6) is -1.11. The fourth-order valence-corrected chi connectivity index (χ4v) is 2.47. The predicted octanol–water partition coefficient (Wildman–Crippen LogP) is 2.88. The van der Waals surface area contributed by atoms with Gasteiger partial charge >= 0.3 is 12.3 Å². The molecular formula is C14H16F3NO3. The standard InChI is InChI=1S/C14H16F3NO3/c1-13(12(19)20)5-6-18(9-13)8-10-3-2-4-11(7-10)21-14(15,16)17/h2-4,7H,5-6,8-9H2,1H3,(H,19,20)/t13-/m0/s1. The predicted molar refractivity (Wildman–Crippen MR) is 68.8 cm³/mol. The quantitative estimate of drug-likeness (QED) is 0.929. The lowest BCUT2D eigenvalue weighted by molar-refractivity contribution is -0.274. The number of carboxylic acid groups (broad SMARTS) is 1. The lowest BCUT2D eigenvalue weighted by Gasteiger charge is -2.20. The summed E-state index contributed by atoms with van der Waals surface area (Å²) in [5.41, 5.74) is -0.133. The van der Waals surface area contributed by atoms with E-state index in [9.17, 15) is 18.0 Å². The average molecular weight is 303 g/mol. The van der Waals surface area contributed by atoms with Crippen LogP contribution in [0.4, 0.5) is 13.2 Å². The van der Waals surface area contributed by atoms with Crippen LogP contribution in [0.1, 0.15) is 18.9 Å². The molecule has 1 saturated heterocycles. The molecule has 0 aliphatic carbocycles. The zero-order chi connectivity index (χ0) is 15.7. The topological polar surface area (TPSA) is 49.8 Å². The molecule has 7 heteroatoms. The molecule has 0 saturated carbocycles. The maximum atomic E-state index is 12.2. The van der Waals surface area contributed by atoms with Crippen molar-refractivity contribution in [3.8, 4) is 5.75 Å². The first kappa shape index (κ1) is 15.6. The zero-order valence-corrected chi connectivity index (χ0v) is 11.5. The summed E-state index contributed by atoms with van der Waals surface area (Å²) in [6.07, 6.45) is -4.19. The lowest BCUT2D eigenvalue weighted by Crippen LogP contribution is -2.31. The summed E-state index contributed by atoms with van der Waals surface area (Å²) in [4.78, 5) is 13.1. The fraction of sp³-hybridized carbons (Fsp3) is 0.500. The molecule has 0 bridgehead atoms. The number of carbonyl (C=O) groups is 1. The molecule has 1 aliphatic rings. The Morgan fingerprint density at radius 1 is 1.48 bits per heavy atom. The highest BCUT2D eigenvalue weighted by Crippen LogP contribution is 2.31. The molecule has 21 heavy (non-hydrogen) atoms. The second kappa shape index (κ2) is 5.55. The van der Waals surface area contributed by atoms with Crippen LogP contribution in [0.2, 0.25) is 0 Å². The summed E-state index contributed by atoms with van der Waals surface area (Å²) in [5, 5.41) is 9.16. The van der Waals surface area contributed by atoms with Crippen molar-refractivity contribution in [1.82, 2.24) is 4.90 Å². The van der Waals surface area contributed by atoms with Crippen LogP contribution in [0.15, 0.2) is 24.3 Å². The van der Waals surface area contributed by atoms with Crippen LogP contribution in [0.5, 0.6) is 5.75 Å². The molecule has 0 aromatic heterocycles. The van der Waals surface area contributed by atoms with Gasteiger partial charge < -0.3 is 9.84 Å². The normalized spacial score (nSPS) is 23.2. The molecule has 0 unspecified atom stereocenters. The van der Waals surface area contributed by atoms with Crippen molar-refractivity contribution in [2.75, 3.05) is 13.1 Å². The van der Waals surface area contributed by atoms with Gasteiger partial charge in [-0.1, -0.05) is 12.1 Å². The number of nitrogens with zero attached hydrogens (tertiary/aromatic N) is 1. The van der Waals surface area contributed by atoms with Gasteiger partial charge in [-0.2, -0.15) is 0 Å². The van der Waals surface area contributed by atoms with Gasteiger partial charge in [-0.25, -0.2) is 0 Å². The number of alkyl halides is 3. The molecule has 116 valence electrons. The number of ether oxygens (including phenoxy) is 1. The highest BCUT2D eigenvalue weighted by atomic mass is 19.4. The van der Waals surface area contributed by atoms with Crippen molar-refractivity contribution in [2.24, 2.45) is 5.41 Å². The summed E-state index contributed by atoms with van der Waals surface area (Å²) >= 11 is 0. The number of halogens is 3. The van der Waals surface area contributed by atoms with Crippen LogP contribution in [-0.2, 0) is 11.3 Å². The smallest absolute Gasteiger partial charge is 0.481 e. The maximum Gasteiger partial charge on any atom is 0.573 e. The third-order valence-electron chi connectivity index (χ3n) is 3.61. The van der Waals surface area contributed by atoms with Gasteiger partial charge in [0.2, 0.25) is 0 Å². The first-order chi connectivity index (χ1) is 9.68. The minimum absolute atomic E-state index is 0.264. The molecule has 1 heterocycles. The van der Waals surface area contributed by atoms with Gasteiger partial charge in [-0.15, -0.1) is 13.2 Å². The summed E-state index contributed by atoms with van der Waals surface area (Å²) in [7, 11) is 0. The van der Waals surface area contributed by atoms with Gasteiger partial charge in [0.1, 0.15) is 5.75 Å². The number of likely N-dealkylation sites (tertiary alicyclic amines) is 1. The number of rotatable bonds is 4. The van der Waals surface area contributed by atoms with Gasteiger partial charge in [-0.05, 0) is 37.6 Å². The molecule has 1 aliphatic heterocycles. The van der Waals surface area contributed by atoms with Crippen LogP contribution < -0.4 is 4.74 Å². The van der Waals surface area contributed by atoms with E-state index in [2.05, 4.69) is 4.74 Å². The van der Waals surface area contributed by atoms with Gasteiger partial charge in [0.15, 0.2) is 0 Å². The van der Waals surface area contributed by atoms with E-state index in [1.807, 2.05) is 4.90 Å². The summed E-state index contributed by atoms with van der Waals surface area (Å²) in [6.45, 7) is 3.07. The Bertz CT molecular complexity index is 532. The van der Waals surface area contributed by atoms with Crippen molar-refractivity contribution < 1.29 is 27.8 Å². The van der Waals surface area contributed by atoms with Gasteiger partial charge in [0.25, 0.3) is 0 Å². The molecule has 1 aromatic rings. The Labute approximate surface area is 120 Å². The molecule has 4 nitrogen and oxygen atoms in total. The lowest BCUT2D eigenvalue weighted by atomic mass is 9.90. The van der Waals surface area contributed by atoms with Gasteiger partial charge in [-0.3, -0.25) is 9.69 Å². The molecule has 1 N–H and O–H groups in total. The molecule has 2 rings (SSSR count).